The molecule has 170 valence electrons. The van der Waals surface area contributed by atoms with Crippen molar-refractivity contribution in [3.8, 4) is 16.9 Å². The highest BCUT2D eigenvalue weighted by Crippen LogP contribution is 2.23. The minimum Gasteiger partial charge on any atom is -0.490 e. The summed E-state index contributed by atoms with van der Waals surface area (Å²) in [5.41, 5.74) is 3.81. The maximum atomic E-state index is 11.8. The largest absolute Gasteiger partial charge is 0.490 e. The van der Waals surface area contributed by atoms with Gasteiger partial charge in [-0.1, -0.05) is 88.8 Å². The van der Waals surface area contributed by atoms with Gasteiger partial charge in [0.1, 0.15) is 18.5 Å². The molecule has 0 N–H and O–H groups in total. The fourth-order valence-corrected chi connectivity index (χ4v) is 3.59. The summed E-state index contributed by atoms with van der Waals surface area (Å²) in [6.45, 7) is 6.62. The fraction of sp³-hybridized carbons (Fsp3) is 0.536. The Labute approximate surface area is 189 Å². The van der Waals surface area contributed by atoms with Crippen LogP contribution in [0, 0.1) is 0 Å². The number of esters is 1. The van der Waals surface area contributed by atoms with Crippen molar-refractivity contribution in [2.45, 2.75) is 91.1 Å². The van der Waals surface area contributed by atoms with Crippen molar-refractivity contribution in [3.05, 3.63) is 54.1 Å². The Morgan fingerprint density at radius 1 is 0.774 bits per heavy atom. The van der Waals surface area contributed by atoms with Crippen molar-refractivity contribution in [1.29, 1.82) is 0 Å². The molecule has 2 aromatic rings. The molecule has 31 heavy (non-hydrogen) atoms. The SMILES string of the molecule is CCCCCCCc1ccc(-c2ccc(OCC(C)OC(=O)CCCCC)cc2)cc1. The van der Waals surface area contributed by atoms with E-state index in [1.807, 2.05) is 19.1 Å². The summed E-state index contributed by atoms with van der Waals surface area (Å²) in [6.07, 6.45) is 11.1. The van der Waals surface area contributed by atoms with Crippen molar-refractivity contribution in [3.63, 3.8) is 0 Å². The maximum absolute atomic E-state index is 11.8. The molecule has 2 rings (SSSR count). The fourth-order valence-electron chi connectivity index (χ4n) is 3.59. The Morgan fingerprint density at radius 3 is 2.00 bits per heavy atom. The Balaban J connectivity index is 1.75. The number of ether oxygens (including phenoxy) is 2. The zero-order valence-corrected chi connectivity index (χ0v) is 19.7. The van der Waals surface area contributed by atoms with Crippen molar-refractivity contribution < 1.29 is 14.3 Å². The van der Waals surface area contributed by atoms with Crippen LogP contribution in [0.15, 0.2) is 48.5 Å². The van der Waals surface area contributed by atoms with Crippen LogP contribution in [-0.2, 0) is 16.0 Å². The van der Waals surface area contributed by atoms with E-state index < -0.39 is 0 Å². The first-order valence-electron chi connectivity index (χ1n) is 12.1. The van der Waals surface area contributed by atoms with Crippen LogP contribution in [0.1, 0.15) is 84.1 Å². The number of hydrogen-bond acceptors (Lipinski definition) is 3. The number of carbonyl (C=O) groups excluding carboxylic acids is 1. The lowest BCUT2D eigenvalue weighted by atomic mass is 10.0. The van der Waals surface area contributed by atoms with E-state index in [2.05, 4.69) is 50.2 Å². The van der Waals surface area contributed by atoms with Gasteiger partial charge in [-0.2, -0.15) is 0 Å². The van der Waals surface area contributed by atoms with Crippen molar-refractivity contribution in [1.82, 2.24) is 0 Å². The zero-order valence-electron chi connectivity index (χ0n) is 19.7. The number of carbonyl (C=O) groups is 1. The smallest absolute Gasteiger partial charge is 0.306 e. The standard InChI is InChI=1S/C28H40O3/c1-4-6-8-9-11-12-24-14-16-25(17-15-24)26-18-20-27(21-19-26)30-22-23(3)31-28(29)13-10-7-5-2/h14-21,23H,4-13,22H2,1-3H3. The highest BCUT2D eigenvalue weighted by molar-refractivity contribution is 5.69. The molecule has 0 aliphatic rings. The van der Waals surface area contributed by atoms with Gasteiger partial charge in [-0.3, -0.25) is 4.79 Å². The molecule has 0 spiro atoms. The average molecular weight is 425 g/mol. The van der Waals surface area contributed by atoms with Gasteiger partial charge in [0.25, 0.3) is 0 Å². The molecule has 3 heteroatoms. The van der Waals surface area contributed by atoms with Crippen molar-refractivity contribution in [2.75, 3.05) is 6.61 Å². The van der Waals surface area contributed by atoms with E-state index >= 15 is 0 Å². The predicted octanol–water partition coefficient (Wildman–Crippen LogP) is 7.76. The molecular weight excluding hydrogens is 384 g/mol. The minimum absolute atomic E-state index is 0.135. The van der Waals surface area contributed by atoms with Crippen LogP contribution >= 0.6 is 0 Å². The van der Waals surface area contributed by atoms with Gasteiger partial charge < -0.3 is 9.47 Å². The molecule has 0 saturated heterocycles. The Morgan fingerprint density at radius 2 is 1.35 bits per heavy atom. The summed E-state index contributed by atoms with van der Waals surface area (Å²) in [7, 11) is 0. The molecule has 0 heterocycles. The number of aryl methyl sites for hydroxylation is 1. The van der Waals surface area contributed by atoms with Crippen LogP contribution in [0.25, 0.3) is 11.1 Å². The maximum Gasteiger partial charge on any atom is 0.306 e. The lowest BCUT2D eigenvalue weighted by Gasteiger charge is -2.14. The van der Waals surface area contributed by atoms with E-state index in [9.17, 15) is 4.79 Å². The van der Waals surface area contributed by atoms with E-state index in [0.717, 1.165) is 31.4 Å². The van der Waals surface area contributed by atoms with Gasteiger partial charge in [0, 0.05) is 6.42 Å². The predicted molar refractivity (Wildman–Crippen MR) is 130 cm³/mol. The van der Waals surface area contributed by atoms with Gasteiger partial charge >= 0.3 is 5.97 Å². The lowest BCUT2D eigenvalue weighted by Crippen LogP contribution is -2.21. The highest BCUT2D eigenvalue weighted by atomic mass is 16.6. The second-order valence-corrected chi connectivity index (χ2v) is 8.45. The van der Waals surface area contributed by atoms with E-state index in [0.29, 0.717) is 13.0 Å². The third-order valence-electron chi connectivity index (χ3n) is 5.51. The molecule has 0 aliphatic carbocycles. The summed E-state index contributed by atoms with van der Waals surface area (Å²) in [4.78, 5) is 11.8. The first kappa shape index (κ1) is 25.0. The Hall–Kier alpha value is -2.29. The first-order valence-corrected chi connectivity index (χ1v) is 12.1. The molecule has 0 bridgehead atoms. The summed E-state index contributed by atoms with van der Waals surface area (Å²) < 4.78 is 11.2. The van der Waals surface area contributed by atoms with E-state index in [1.54, 1.807) is 0 Å². The van der Waals surface area contributed by atoms with Crippen LogP contribution in [-0.4, -0.2) is 18.7 Å². The Bertz CT molecular complexity index is 734. The molecule has 0 radical (unpaired) electrons. The molecule has 1 unspecified atom stereocenters. The van der Waals surface area contributed by atoms with Crippen molar-refractivity contribution in [2.24, 2.45) is 0 Å². The molecule has 0 aliphatic heterocycles. The molecule has 0 aromatic heterocycles. The highest BCUT2D eigenvalue weighted by Gasteiger charge is 2.10. The van der Waals surface area contributed by atoms with Crippen LogP contribution in [0.5, 0.6) is 5.75 Å². The van der Waals surface area contributed by atoms with E-state index in [-0.39, 0.29) is 12.1 Å². The zero-order chi connectivity index (χ0) is 22.3. The number of benzene rings is 2. The topological polar surface area (TPSA) is 35.5 Å². The van der Waals surface area contributed by atoms with Gasteiger partial charge in [0.05, 0.1) is 0 Å². The first-order chi connectivity index (χ1) is 15.1. The lowest BCUT2D eigenvalue weighted by molar-refractivity contribution is -0.149. The van der Waals surface area contributed by atoms with E-state index in [1.165, 1.54) is 48.8 Å². The van der Waals surface area contributed by atoms with Crippen molar-refractivity contribution >= 4 is 5.97 Å². The van der Waals surface area contributed by atoms with Gasteiger partial charge in [0.15, 0.2) is 0 Å². The molecule has 3 nitrogen and oxygen atoms in total. The monoisotopic (exact) mass is 424 g/mol. The normalized spacial score (nSPS) is 11.8. The molecule has 0 saturated carbocycles. The molecule has 1 atom stereocenters. The third-order valence-corrected chi connectivity index (χ3v) is 5.51. The van der Waals surface area contributed by atoms with Gasteiger partial charge in [-0.25, -0.2) is 0 Å². The molecular formula is C28H40O3. The second kappa shape index (κ2) is 14.7. The van der Waals surface area contributed by atoms with Crippen LogP contribution in [0.3, 0.4) is 0 Å². The quantitative estimate of drug-likeness (QED) is 0.216. The van der Waals surface area contributed by atoms with Gasteiger partial charge in [-0.15, -0.1) is 0 Å². The third kappa shape index (κ3) is 10.0. The Kier molecular flexibility index (Phi) is 11.8. The van der Waals surface area contributed by atoms with E-state index in [4.69, 9.17) is 9.47 Å². The number of unbranched alkanes of at least 4 members (excludes halogenated alkanes) is 6. The molecule has 2 aromatic carbocycles. The average Bonchev–Trinajstić information content (AvgIpc) is 2.78. The minimum atomic E-state index is -0.247. The van der Waals surface area contributed by atoms with Gasteiger partial charge in [0.2, 0.25) is 0 Å². The summed E-state index contributed by atoms with van der Waals surface area (Å²) in [6, 6.07) is 17.0. The van der Waals surface area contributed by atoms with Crippen LogP contribution in [0.4, 0.5) is 0 Å². The van der Waals surface area contributed by atoms with Crippen LogP contribution in [0.2, 0.25) is 0 Å². The summed E-state index contributed by atoms with van der Waals surface area (Å²) >= 11 is 0. The number of hydrogen-bond donors (Lipinski definition) is 0. The molecule has 0 fully saturated rings. The number of rotatable bonds is 15. The molecule has 0 amide bonds. The summed E-state index contributed by atoms with van der Waals surface area (Å²) in [5.74, 6) is 0.658. The second-order valence-electron chi connectivity index (χ2n) is 8.45. The van der Waals surface area contributed by atoms with Crippen LogP contribution < -0.4 is 4.74 Å². The summed E-state index contributed by atoms with van der Waals surface area (Å²) in [5, 5.41) is 0. The van der Waals surface area contributed by atoms with Gasteiger partial charge in [-0.05, 0) is 55.0 Å².